The topological polar surface area (TPSA) is 66.6 Å². The van der Waals surface area contributed by atoms with Gasteiger partial charge in [-0.15, -0.1) is 0 Å². The lowest BCUT2D eigenvalue weighted by atomic mass is 9.86. The van der Waals surface area contributed by atoms with E-state index in [2.05, 4.69) is 6.92 Å². The molecule has 0 saturated carbocycles. The molecule has 112 valence electrons. The molecule has 1 aliphatic rings. The number of rotatable bonds is 5. The Kier molecular flexibility index (Phi) is 4.09. The van der Waals surface area contributed by atoms with E-state index >= 15 is 0 Å². The van der Waals surface area contributed by atoms with Crippen LogP contribution in [-0.2, 0) is 10.0 Å². The zero-order valence-electron chi connectivity index (χ0n) is 12.3. The van der Waals surface area contributed by atoms with Crippen LogP contribution in [-0.4, -0.2) is 45.4 Å². The summed E-state index contributed by atoms with van der Waals surface area (Å²) in [6.45, 7) is 3.53. The Balaban J connectivity index is 2.28. The third-order valence-electron chi connectivity index (χ3n) is 3.72. The van der Waals surface area contributed by atoms with Crippen molar-refractivity contribution in [3.8, 4) is 0 Å². The van der Waals surface area contributed by atoms with Crippen LogP contribution in [0.2, 0.25) is 0 Å². The monoisotopic (exact) mass is 297 g/mol. The fourth-order valence-electron chi connectivity index (χ4n) is 2.67. The minimum Gasteiger partial charge on any atom is -0.367 e. The van der Waals surface area contributed by atoms with Crippen LogP contribution in [0.3, 0.4) is 0 Å². The van der Waals surface area contributed by atoms with Gasteiger partial charge in [-0.3, -0.25) is 0 Å². The molecule has 2 rings (SSSR count). The zero-order chi connectivity index (χ0) is 15.0. The molecular formula is C14H23N3O2S. The van der Waals surface area contributed by atoms with E-state index in [1.807, 2.05) is 17.0 Å². The largest absolute Gasteiger partial charge is 0.367 e. The van der Waals surface area contributed by atoms with Crippen molar-refractivity contribution >= 4 is 15.7 Å². The van der Waals surface area contributed by atoms with Gasteiger partial charge in [-0.05, 0) is 18.6 Å². The number of nitrogens with two attached hydrogens (primary N) is 1. The van der Waals surface area contributed by atoms with Crippen molar-refractivity contribution in [2.45, 2.75) is 30.2 Å². The standard InChI is InChI=1S/C14H23N3O2S/c1-4-9-14(15)10-17(11-14)12-7-5-6-8-13(12)20(18,19)16(2)3/h5-8H,4,9-11,15H2,1-3H3. The van der Waals surface area contributed by atoms with Gasteiger partial charge < -0.3 is 10.6 Å². The lowest BCUT2D eigenvalue weighted by Crippen LogP contribution is -2.67. The van der Waals surface area contributed by atoms with Gasteiger partial charge in [0.15, 0.2) is 0 Å². The van der Waals surface area contributed by atoms with Gasteiger partial charge in [-0.2, -0.15) is 0 Å². The molecule has 0 unspecified atom stereocenters. The predicted molar refractivity (Wildman–Crippen MR) is 81.4 cm³/mol. The average Bonchev–Trinajstić information content (AvgIpc) is 2.36. The molecule has 1 fully saturated rings. The van der Waals surface area contributed by atoms with Crippen molar-refractivity contribution in [2.24, 2.45) is 5.73 Å². The summed E-state index contributed by atoms with van der Waals surface area (Å²) in [6, 6.07) is 7.12. The second kappa shape index (κ2) is 5.35. The Hall–Kier alpha value is -1.11. The fraction of sp³-hybridized carbons (Fsp3) is 0.571. The summed E-state index contributed by atoms with van der Waals surface area (Å²) in [4.78, 5) is 2.40. The fourth-order valence-corrected chi connectivity index (χ4v) is 3.78. The first kappa shape index (κ1) is 15.3. The molecule has 2 N–H and O–H groups in total. The lowest BCUT2D eigenvalue weighted by molar-refractivity contribution is 0.306. The van der Waals surface area contributed by atoms with E-state index in [1.165, 1.54) is 4.31 Å². The second-order valence-electron chi connectivity index (χ2n) is 5.72. The maximum Gasteiger partial charge on any atom is 0.244 e. The van der Waals surface area contributed by atoms with Crippen molar-refractivity contribution in [2.75, 3.05) is 32.1 Å². The highest BCUT2D eigenvalue weighted by atomic mass is 32.2. The van der Waals surface area contributed by atoms with Crippen molar-refractivity contribution in [3.63, 3.8) is 0 Å². The van der Waals surface area contributed by atoms with Crippen LogP contribution >= 0.6 is 0 Å². The van der Waals surface area contributed by atoms with E-state index in [-0.39, 0.29) is 5.54 Å². The molecule has 20 heavy (non-hydrogen) atoms. The summed E-state index contributed by atoms with van der Waals surface area (Å²) in [5.41, 5.74) is 6.83. The first-order valence-corrected chi connectivity index (χ1v) is 8.29. The minimum atomic E-state index is -3.43. The Morgan fingerprint density at radius 3 is 2.45 bits per heavy atom. The molecule has 0 bridgehead atoms. The maximum absolute atomic E-state index is 12.4. The van der Waals surface area contributed by atoms with E-state index in [0.29, 0.717) is 18.0 Å². The second-order valence-corrected chi connectivity index (χ2v) is 7.84. The van der Waals surface area contributed by atoms with Gasteiger partial charge in [0.2, 0.25) is 10.0 Å². The van der Waals surface area contributed by atoms with E-state index in [0.717, 1.165) is 18.5 Å². The number of hydrogen-bond donors (Lipinski definition) is 1. The van der Waals surface area contributed by atoms with Crippen LogP contribution in [0.25, 0.3) is 0 Å². The summed E-state index contributed by atoms with van der Waals surface area (Å²) in [7, 11) is -0.331. The molecule has 0 radical (unpaired) electrons. The smallest absolute Gasteiger partial charge is 0.244 e. The molecule has 6 heteroatoms. The van der Waals surface area contributed by atoms with Gasteiger partial charge in [-0.1, -0.05) is 25.5 Å². The highest BCUT2D eigenvalue weighted by molar-refractivity contribution is 7.89. The lowest BCUT2D eigenvalue weighted by Gasteiger charge is -2.49. The van der Waals surface area contributed by atoms with Crippen LogP contribution in [0.1, 0.15) is 19.8 Å². The third kappa shape index (κ3) is 2.68. The van der Waals surface area contributed by atoms with Crippen molar-refractivity contribution in [1.29, 1.82) is 0 Å². The summed E-state index contributed by atoms with van der Waals surface area (Å²) in [5, 5.41) is 0. The molecule has 1 aromatic carbocycles. The van der Waals surface area contributed by atoms with Gasteiger partial charge in [0.1, 0.15) is 4.90 Å². The predicted octanol–water partition coefficient (Wildman–Crippen LogP) is 1.25. The summed E-state index contributed by atoms with van der Waals surface area (Å²) in [5.74, 6) is 0. The average molecular weight is 297 g/mol. The molecule has 1 aliphatic heterocycles. The third-order valence-corrected chi connectivity index (χ3v) is 5.59. The molecule has 0 aromatic heterocycles. The van der Waals surface area contributed by atoms with Gasteiger partial charge in [-0.25, -0.2) is 12.7 Å². The number of benzene rings is 1. The first-order chi connectivity index (χ1) is 9.30. The Labute approximate surface area is 121 Å². The van der Waals surface area contributed by atoms with E-state index < -0.39 is 10.0 Å². The molecule has 0 amide bonds. The molecule has 0 aliphatic carbocycles. The molecule has 0 atom stereocenters. The highest BCUT2D eigenvalue weighted by Crippen LogP contribution is 2.34. The maximum atomic E-state index is 12.4. The Morgan fingerprint density at radius 2 is 1.90 bits per heavy atom. The summed E-state index contributed by atoms with van der Waals surface area (Å²) < 4.78 is 25.9. The van der Waals surface area contributed by atoms with Crippen LogP contribution in [0.4, 0.5) is 5.69 Å². The minimum absolute atomic E-state index is 0.177. The summed E-state index contributed by atoms with van der Waals surface area (Å²) >= 11 is 0. The van der Waals surface area contributed by atoms with Gasteiger partial charge in [0.05, 0.1) is 11.2 Å². The van der Waals surface area contributed by atoms with Crippen LogP contribution in [0.15, 0.2) is 29.2 Å². The van der Waals surface area contributed by atoms with Crippen molar-refractivity contribution in [3.05, 3.63) is 24.3 Å². The molecule has 1 aromatic rings. The van der Waals surface area contributed by atoms with E-state index in [9.17, 15) is 8.42 Å². The molecule has 1 saturated heterocycles. The van der Waals surface area contributed by atoms with Crippen LogP contribution < -0.4 is 10.6 Å². The SMILES string of the molecule is CCCC1(N)CN(c2ccccc2S(=O)(=O)N(C)C)C1. The molecular weight excluding hydrogens is 274 g/mol. The normalized spacial score (nSPS) is 18.1. The van der Waals surface area contributed by atoms with Crippen molar-refractivity contribution in [1.82, 2.24) is 4.31 Å². The van der Waals surface area contributed by atoms with Crippen LogP contribution in [0, 0.1) is 0 Å². The van der Waals surface area contributed by atoms with Gasteiger partial charge >= 0.3 is 0 Å². The Morgan fingerprint density at radius 1 is 1.30 bits per heavy atom. The number of para-hydroxylation sites is 1. The number of hydrogen-bond acceptors (Lipinski definition) is 4. The molecule has 5 nitrogen and oxygen atoms in total. The number of nitrogens with zero attached hydrogens (tertiary/aromatic N) is 2. The van der Waals surface area contributed by atoms with E-state index in [4.69, 9.17) is 5.73 Å². The number of anilines is 1. The van der Waals surface area contributed by atoms with Crippen molar-refractivity contribution < 1.29 is 8.42 Å². The first-order valence-electron chi connectivity index (χ1n) is 6.85. The number of sulfonamides is 1. The Bertz CT molecular complexity index is 578. The van der Waals surface area contributed by atoms with Crippen LogP contribution in [0.5, 0.6) is 0 Å². The zero-order valence-corrected chi connectivity index (χ0v) is 13.2. The highest BCUT2D eigenvalue weighted by Gasteiger charge is 2.40. The van der Waals surface area contributed by atoms with Gasteiger partial charge in [0.25, 0.3) is 0 Å². The summed E-state index contributed by atoms with van der Waals surface area (Å²) in [6.07, 6.45) is 2.01. The quantitative estimate of drug-likeness (QED) is 0.888. The molecule has 1 heterocycles. The van der Waals surface area contributed by atoms with E-state index in [1.54, 1.807) is 26.2 Å². The molecule has 0 spiro atoms. The van der Waals surface area contributed by atoms with Gasteiger partial charge in [0, 0.05) is 27.2 Å².